The van der Waals surface area contributed by atoms with Gasteiger partial charge in [-0.2, -0.15) is 0 Å². The largest absolute Gasteiger partial charge is 0.309 e. The fourth-order valence-corrected chi connectivity index (χ4v) is 4.29. The summed E-state index contributed by atoms with van der Waals surface area (Å²) in [7, 11) is 4.03. The summed E-state index contributed by atoms with van der Waals surface area (Å²) < 4.78 is 4.85. The maximum atomic E-state index is 13.0. The molecule has 2 aromatic heterocycles. The van der Waals surface area contributed by atoms with Crippen LogP contribution in [0.3, 0.4) is 0 Å². The number of nitrogens with zero attached hydrogens (tertiary/aromatic N) is 5. The number of fused-ring (bicyclic) bond motifs is 1. The standard InChI is InChI=1S/C16H18ClN5OS2/c1-10-14(25-20-19-10)15(23)22(9-5-8-21(2)3)16-18-13-11(17)6-4-7-12(13)24-16/h4,6-7H,5,8-9H2,1-3H3. The van der Waals surface area contributed by atoms with E-state index in [1.807, 2.05) is 32.3 Å². The molecule has 0 bridgehead atoms. The summed E-state index contributed by atoms with van der Waals surface area (Å²) in [4.78, 5) is 22.0. The quantitative estimate of drug-likeness (QED) is 0.636. The summed E-state index contributed by atoms with van der Waals surface area (Å²) in [5, 5.41) is 5.20. The number of halogens is 1. The van der Waals surface area contributed by atoms with E-state index in [2.05, 4.69) is 19.5 Å². The SMILES string of the molecule is Cc1nnsc1C(=O)N(CCCN(C)C)c1nc2c(Cl)cccc2s1. The van der Waals surface area contributed by atoms with Crippen molar-refractivity contribution in [3.8, 4) is 0 Å². The molecule has 6 nitrogen and oxygen atoms in total. The Balaban J connectivity index is 1.95. The molecular weight excluding hydrogens is 378 g/mol. The van der Waals surface area contributed by atoms with Gasteiger partial charge < -0.3 is 4.90 Å². The van der Waals surface area contributed by atoms with Crippen molar-refractivity contribution in [1.82, 2.24) is 19.5 Å². The Hall–Kier alpha value is -1.61. The molecule has 0 spiro atoms. The number of hydrogen-bond donors (Lipinski definition) is 0. The number of anilines is 1. The lowest BCUT2D eigenvalue weighted by molar-refractivity contribution is 0.0989. The molecule has 25 heavy (non-hydrogen) atoms. The number of para-hydroxylation sites is 1. The summed E-state index contributed by atoms with van der Waals surface area (Å²) in [5.74, 6) is -0.110. The Morgan fingerprint density at radius 1 is 1.28 bits per heavy atom. The lowest BCUT2D eigenvalue weighted by Crippen LogP contribution is -2.33. The van der Waals surface area contributed by atoms with Gasteiger partial charge in [0.2, 0.25) is 0 Å². The second-order valence-corrected chi connectivity index (χ2v) is 8.05. The second-order valence-electron chi connectivity index (χ2n) is 5.88. The van der Waals surface area contributed by atoms with Crippen LogP contribution in [-0.4, -0.2) is 52.6 Å². The number of carbonyl (C=O) groups is 1. The van der Waals surface area contributed by atoms with Gasteiger partial charge in [-0.3, -0.25) is 9.69 Å². The van der Waals surface area contributed by atoms with Crippen LogP contribution in [0.15, 0.2) is 18.2 Å². The Morgan fingerprint density at radius 2 is 2.08 bits per heavy atom. The molecule has 2 heterocycles. The fraction of sp³-hybridized carbons (Fsp3) is 0.375. The van der Waals surface area contributed by atoms with Crippen LogP contribution in [-0.2, 0) is 0 Å². The summed E-state index contributed by atoms with van der Waals surface area (Å²) in [5.41, 5.74) is 1.38. The molecular formula is C16H18ClN5OS2. The number of aryl methyl sites for hydroxylation is 1. The third-order valence-electron chi connectivity index (χ3n) is 3.67. The summed E-state index contributed by atoms with van der Waals surface area (Å²) >= 11 is 8.83. The van der Waals surface area contributed by atoms with E-state index in [9.17, 15) is 4.79 Å². The highest BCUT2D eigenvalue weighted by Crippen LogP contribution is 2.33. The number of rotatable bonds is 6. The van der Waals surface area contributed by atoms with Gasteiger partial charge in [0.1, 0.15) is 10.4 Å². The molecule has 3 aromatic rings. The molecule has 1 aromatic carbocycles. The molecule has 0 aliphatic carbocycles. The summed E-state index contributed by atoms with van der Waals surface area (Å²) in [6.07, 6.45) is 0.841. The minimum atomic E-state index is -0.110. The van der Waals surface area contributed by atoms with Crippen LogP contribution in [0.25, 0.3) is 10.2 Å². The van der Waals surface area contributed by atoms with Crippen LogP contribution in [0.1, 0.15) is 21.8 Å². The molecule has 0 aliphatic heterocycles. The molecule has 0 N–H and O–H groups in total. The lowest BCUT2D eigenvalue weighted by atomic mass is 10.3. The molecule has 0 aliphatic rings. The number of amides is 1. The highest BCUT2D eigenvalue weighted by atomic mass is 35.5. The van der Waals surface area contributed by atoms with Crippen molar-refractivity contribution in [3.63, 3.8) is 0 Å². The van der Waals surface area contributed by atoms with Gasteiger partial charge in [-0.1, -0.05) is 33.5 Å². The van der Waals surface area contributed by atoms with Crippen molar-refractivity contribution in [2.24, 2.45) is 0 Å². The van der Waals surface area contributed by atoms with E-state index in [-0.39, 0.29) is 5.91 Å². The number of carbonyl (C=O) groups excluding carboxylic acids is 1. The predicted octanol–water partition coefficient (Wildman–Crippen LogP) is 3.71. The average Bonchev–Trinajstić information content (AvgIpc) is 3.17. The van der Waals surface area contributed by atoms with Crippen molar-refractivity contribution < 1.29 is 4.79 Å². The van der Waals surface area contributed by atoms with Gasteiger partial charge in [0, 0.05) is 6.54 Å². The number of aromatic nitrogens is 3. The molecule has 0 saturated heterocycles. The second kappa shape index (κ2) is 7.74. The van der Waals surface area contributed by atoms with Crippen molar-refractivity contribution in [1.29, 1.82) is 0 Å². The first kappa shape index (κ1) is 18.2. The Kier molecular flexibility index (Phi) is 5.63. The summed E-state index contributed by atoms with van der Waals surface area (Å²) in [6.45, 7) is 3.26. The maximum Gasteiger partial charge on any atom is 0.273 e. The molecule has 0 fully saturated rings. The molecule has 0 atom stereocenters. The highest BCUT2D eigenvalue weighted by molar-refractivity contribution is 7.22. The van der Waals surface area contributed by atoms with E-state index in [0.29, 0.717) is 27.3 Å². The third-order valence-corrected chi connectivity index (χ3v) is 5.83. The normalized spacial score (nSPS) is 11.4. The van der Waals surface area contributed by atoms with Gasteiger partial charge >= 0.3 is 0 Å². The Morgan fingerprint density at radius 3 is 2.72 bits per heavy atom. The Bertz CT molecular complexity index is 892. The van der Waals surface area contributed by atoms with Gasteiger partial charge in [-0.05, 0) is 57.6 Å². The van der Waals surface area contributed by atoms with Gasteiger partial charge in [-0.25, -0.2) is 4.98 Å². The van der Waals surface area contributed by atoms with E-state index >= 15 is 0 Å². The van der Waals surface area contributed by atoms with Crippen LogP contribution < -0.4 is 4.90 Å². The zero-order valence-electron chi connectivity index (χ0n) is 14.2. The summed E-state index contributed by atoms with van der Waals surface area (Å²) in [6, 6.07) is 5.66. The predicted molar refractivity (Wildman–Crippen MR) is 104 cm³/mol. The Labute approximate surface area is 159 Å². The van der Waals surface area contributed by atoms with Crippen molar-refractivity contribution in [2.45, 2.75) is 13.3 Å². The first-order chi connectivity index (χ1) is 12.0. The first-order valence-corrected chi connectivity index (χ1v) is 9.74. The zero-order chi connectivity index (χ0) is 18.0. The van der Waals surface area contributed by atoms with Gasteiger partial charge in [-0.15, -0.1) is 5.10 Å². The van der Waals surface area contributed by atoms with Crippen molar-refractivity contribution in [3.05, 3.63) is 33.8 Å². The maximum absolute atomic E-state index is 13.0. The number of hydrogen-bond acceptors (Lipinski definition) is 7. The van der Waals surface area contributed by atoms with E-state index in [1.54, 1.807) is 11.8 Å². The topological polar surface area (TPSA) is 62.2 Å². The van der Waals surface area contributed by atoms with E-state index in [4.69, 9.17) is 11.6 Å². The van der Waals surface area contributed by atoms with E-state index in [1.165, 1.54) is 11.3 Å². The molecule has 9 heteroatoms. The monoisotopic (exact) mass is 395 g/mol. The van der Waals surface area contributed by atoms with Gasteiger partial charge in [0.15, 0.2) is 5.13 Å². The van der Waals surface area contributed by atoms with Crippen LogP contribution in [0.4, 0.5) is 5.13 Å². The highest BCUT2D eigenvalue weighted by Gasteiger charge is 2.25. The molecule has 132 valence electrons. The van der Waals surface area contributed by atoms with Gasteiger partial charge in [0.25, 0.3) is 5.91 Å². The van der Waals surface area contributed by atoms with Crippen molar-refractivity contribution in [2.75, 3.05) is 32.1 Å². The average molecular weight is 396 g/mol. The lowest BCUT2D eigenvalue weighted by Gasteiger charge is -2.20. The van der Waals surface area contributed by atoms with Crippen molar-refractivity contribution >= 4 is 55.7 Å². The first-order valence-electron chi connectivity index (χ1n) is 7.78. The van der Waals surface area contributed by atoms with Crippen LogP contribution in [0, 0.1) is 6.92 Å². The van der Waals surface area contributed by atoms with Crippen LogP contribution >= 0.6 is 34.5 Å². The minimum Gasteiger partial charge on any atom is -0.309 e. The molecule has 3 rings (SSSR count). The van der Waals surface area contributed by atoms with E-state index < -0.39 is 0 Å². The molecule has 0 unspecified atom stereocenters. The molecule has 1 amide bonds. The van der Waals surface area contributed by atoms with Crippen LogP contribution in [0.2, 0.25) is 5.02 Å². The zero-order valence-corrected chi connectivity index (χ0v) is 16.6. The van der Waals surface area contributed by atoms with Crippen LogP contribution in [0.5, 0.6) is 0 Å². The van der Waals surface area contributed by atoms with E-state index in [0.717, 1.165) is 34.7 Å². The molecule has 0 saturated carbocycles. The smallest absolute Gasteiger partial charge is 0.273 e. The number of thiazole rings is 1. The third kappa shape index (κ3) is 3.98. The minimum absolute atomic E-state index is 0.110. The molecule has 0 radical (unpaired) electrons. The van der Waals surface area contributed by atoms with Gasteiger partial charge in [0.05, 0.1) is 15.4 Å². The fourth-order valence-electron chi connectivity index (χ4n) is 2.40. The number of benzene rings is 1.